The van der Waals surface area contributed by atoms with Crippen LogP contribution in [0.2, 0.25) is 5.02 Å². The number of rotatable bonds is 8. The van der Waals surface area contributed by atoms with E-state index in [0.29, 0.717) is 18.2 Å². The molecule has 2 N–H and O–H groups in total. The molecule has 5 heteroatoms. The molecule has 102 valence electrons. The van der Waals surface area contributed by atoms with Crippen molar-refractivity contribution in [2.75, 3.05) is 46.3 Å². The maximum absolute atomic E-state index is 5.99. The molecule has 0 unspecified atom stereocenters. The highest BCUT2D eigenvalue weighted by Gasteiger charge is 2.08. The summed E-state index contributed by atoms with van der Waals surface area (Å²) in [6, 6.07) is 5.54. The molecule has 18 heavy (non-hydrogen) atoms. The molecule has 0 bridgehead atoms. The van der Waals surface area contributed by atoms with Gasteiger partial charge in [-0.2, -0.15) is 0 Å². The predicted octanol–water partition coefficient (Wildman–Crippen LogP) is 2.02. The smallest absolute Gasteiger partial charge is 0.0589 e. The second-order valence-electron chi connectivity index (χ2n) is 4.10. The molecule has 1 rings (SSSR count). The molecule has 1 aromatic rings. The monoisotopic (exact) mass is 272 g/mol. The zero-order valence-electron chi connectivity index (χ0n) is 11.0. The van der Waals surface area contributed by atoms with E-state index in [9.17, 15) is 0 Å². The number of hydrogen-bond donors (Lipinski definition) is 1. The fourth-order valence-corrected chi connectivity index (χ4v) is 1.86. The minimum Gasteiger partial charge on any atom is -0.398 e. The average Bonchev–Trinajstić information content (AvgIpc) is 2.37. The van der Waals surface area contributed by atoms with Crippen LogP contribution in [-0.2, 0) is 16.0 Å². The van der Waals surface area contributed by atoms with Gasteiger partial charge in [0.1, 0.15) is 0 Å². The Hall–Kier alpha value is -0.810. The van der Waals surface area contributed by atoms with Gasteiger partial charge in [0.05, 0.1) is 13.2 Å². The lowest BCUT2D eigenvalue weighted by Gasteiger charge is -2.22. The predicted molar refractivity (Wildman–Crippen MR) is 74.9 cm³/mol. The Morgan fingerprint density at radius 3 is 2.33 bits per heavy atom. The van der Waals surface area contributed by atoms with Gasteiger partial charge in [0.25, 0.3) is 0 Å². The number of nitrogens with zero attached hydrogens (tertiary/aromatic N) is 1. The van der Waals surface area contributed by atoms with Gasteiger partial charge in [0, 0.05) is 44.6 Å². The maximum Gasteiger partial charge on any atom is 0.0589 e. The van der Waals surface area contributed by atoms with Gasteiger partial charge in [-0.3, -0.25) is 4.90 Å². The zero-order valence-corrected chi connectivity index (χ0v) is 11.7. The van der Waals surface area contributed by atoms with Crippen LogP contribution in [0.15, 0.2) is 18.2 Å². The van der Waals surface area contributed by atoms with E-state index in [1.54, 1.807) is 20.3 Å². The molecule has 0 radical (unpaired) electrons. The van der Waals surface area contributed by atoms with Gasteiger partial charge in [0.2, 0.25) is 0 Å². The highest BCUT2D eigenvalue weighted by molar-refractivity contribution is 6.30. The van der Waals surface area contributed by atoms with E-state index < -0.39 is 0 Å². The van der Waals surface area contributed by atoms with Crippen LogP contribution in [0.5, 0.6) is 0 Å². The number of nitrogen functional groups attached to an aromatic ring is 1. The summed E-state index contributed by atoms with van der Waals surface area (Å²) in [7, 11) is 3.39. The Morgan fingerprint density at radius 2 is 1.78 bits per heavy atom. The third kappa shape index (κ3) is 5.23. The molecule has 1 aromatic carbocycles. The summed E-state index contributed by atoms with van der Waals surface area (Å²) in [4.78, 5) is 2.23. The van der Waals surface area contributed by atoms with Crippen LogP contribution in [-0.4, -0.2) is 45.4 Å². The minimum atomic E-state index is 0.685. The molecular formula is C13H21ClN2O2. The van der Waals surface area contributed by atoms with E-state index in [0.717, 1.165) is 30.9 Å². The molecule has 0 atom stereocenters. The number of nitrogens with two attached hydrogens (primary N) is 1. The van der Waals surface area contributed by atoms with E-state index in [1.165, 1.54) is 0 Å². The van der Waals surface area contributed by atoms with Crippen molar-refractivity contribution in [1.82, 2.24) is 4.90 Å². The summed E-state index contributed by atoms with van der Waals surface area (Å²) < 4.78 is 10.2. The second-order valence-corrected chi connectivity index (χ2v) is 4.54. The van der Waals surface area contributed by atoms with Crippen molar-refractivity contribution < 1.29 is 9.47 Å². The van der Waals surface area contributed by atoms with Gasteiger partial charge in [-0.25, -0.2) is 0 Å². The van der Waals surface area contributed by atoms with Gasteiger partial charge in [0.15, 0.2) is 0 Å². The van der Waals surface area contributed by atoms with Crippen molar-refractivity contribution in [2.24, 2.45) is 0 Å². The summed E-state index contributed by atoms with van der Waals surface area (Å²) >= 11 is 5.99. The van der Waals surface area contributed by atoms with Crippen LogP contribution < -0.4 is 5.73 Å². The van der Waals surface area contributed by atoms with Crippen molar-refractivity contribution in [3.05, 3.63) is 28.8 Å². The molecule has 4 nitrogen and oxygen atoms in total. The van der Waals surface area contributed by atoms with Gasteiger partial charge < -0.3 is 15.2 Å². The highest BCUT2D eigenvalue weighted by Crippen LogP contribution is 2.19. The topological polar surface area (TPSA) is 47.7 Å². The minimum absolute atomic E-state index is 0.685. The quantitative estimate of drug-likeness (QED) is 0.736. The number of benzene rings is 1. The summed E-state index contributed by atoms with van der Waals surface area (Å²) in [6.45, 7) is 3.80. The molecule has 0 saturated carbocycles. The lowest BCUT2D eigenvalue weighted by atomic mass is 10.1. The van der Waals surface area contributed by atoms with Crippen molar-refractivity contribution in [1.29, 1.82) is 0 Å². The molecule has 0 amide bonds. The molecule has 0 aliphatic rings. The fraction of sp³-hybridized carbons (Fsp3) is 0.538. The zero-order chi connectivity index (χ0) is 13.4. The number of methoxy groups -OCH3 is 2. The first-order valence-electron chi connectivity index (χ1n) is 5.91. The third-order valence-electron chi connectivity index (χ3n) is 2.72. The molecule has 0 aliphatic carbocycles. The Morgan fingerprint density at radius 1 is 1.17 bits per heavy atom. The molecule has 0 saturated heterocycles. The normalized spacial score (nSPS) is 11.1. The first-order chi connectivity index (χ1) is 8.67. The number of halogens is 1. The van der Waals surface area contributed by atoms with E-state index in [-0.39, 0.29) is 0 Å². The van der Waals surface area contributed by atoms with Gasteiger partial charge in [-0.1, -0.05) is 11.6 Å². The van der Waals surface area contributed by atoms with Gasteiger partial charge in [-0.15, -0.1) is 0 Å². The van der Waals surface area contributed by atoms with Crippen molar-refractivity contribution in [2.45, 2.75) is 6.54 Å². The van der Waals surface area contributed by atoms with E-state index >= 15 is 0 Å². The Labute approximate surface area is 114 Å². The Balaban J connectivity index is 2.65. The second kappa shape index (κ2) is 8.32. The Bertz CT molecular complexity index is 353. The van der Waals surface area contributed by atoms with Crippen molar-refractivity contribution >= 4 is 17.3 Å². The molecule has 0 aliphatic heterocycles. The first kappa shape index (κ1) is 15.2. The van der Waals surface area contributed by atoms with Crippen LogP contribution in [0.4, 0.5) is 5.69 Å². The van der Waals surface area contributed by atoms with Crippen LogP contribution in [0.3, 0.4) is 0 Å². The van der Waals surface area contributed by atoms with Crippen LogP contribution in [0.25, 0.3) is 0 Å². The number of ether oxygens (including phenoxy) is 2. The molecule has 0 heterocycles. The molecule has 0 fully saturated rings. The van der Waals surface area contributed by atoms with Crippen LogP contribution >= 0.6 is 11.6 Å². The van der Waals surface area contributed by atoms with Crippen molar-refractivity contribution in [3.63, 3.8) is 0 Å². The number of anilines is 1. The third-order valence-corrected chi connectivity index (χ3v) is 2.96. The largest absolute Gasteiger partial charge is 0.398 e. The SMILES string of the molecule is COCCN(CCOC)Cc1cc(Cl)ccc1N. The van der Waals surface area contributed by atoms with Crippen LogP contribution in [0, 0.1) is 0 Å². The summed E-state index contributed by atoms with van der Waals surface area (Å²) in [5.74, 6) is 0. The molecular weight excluding hydrogens is 252 g/mol. The Kier molecular flexibility index (Phi) is 7.05. The van der Waals surface area contributed by atoms with Crippen molar-refractivity contribution in [3.8, 4) is 0 Å². The lowest BCUT2D eigenvalue weighted by molar-refractivity contribution is 0.110. The van der Waals surface area contributed by atoms with Gasteiger partial charge in [-0.05, 0) is 23.8 Å². The maximum atomic E-state index is 5.99. The van der Waals surface area contributed by atoms with Crippen LogP contribution in [0.1, 0.15) is 5.56 Å². The van der Waals surface area contributed by atoms with Gasteiger partial charge >= 0.3 is 0 Å². The first-order valence-corrected chi connectivity index (χ1v) is 6.29. The molecule has 0 aromatic heterocycles. The standard InChI is InChI=1S/C13H21ClN2O2/c1-17-7-5-16(6-8-18-2)10-11-9-12(14)3-4-13(11)15/h3-4,9H,5-8,10,15H2,1-2H3. The fourth-order valence-electron chi connectivity index (χ4n) is 1.66. The highest BCUT2D eigenvalue weighted by atomic mass is 35.5. The summed E-state index contributed by atoms with van der Waals surface area (Å²) in [5.41, 5.74) is 7.75. The van der Waals surface area contributed by atoms with E-state index in [1.807, 2.05) is 12.1 Å². The summed E-state index contributed by atoms with van der Waals surface area (Å²) in [6.07, 6.45) is 0. The lowest BCUT2D eigenvalue weighted by Crippen LogP contribution is -2.30. The number of hydrogen-bond acceptors (Lipinski definition) is 4. The van der Waals surface area contributed by atoms with E-state index in [2.05, 4.69) is 4.90 Å². The van der Waals surface area contributed by atoms with E-state index in [4.69, 9.17) is 26.8 Å². The summed E-state index contributed by atoms with van der Waals surface area (Å²) in [5, 5.41) is 0.706. The average molecular weight is 273 g/mol. The molecule has 0 spiro atoms.